The lowest BCUT2D eigenvalue weighted by atomic mass is 9.98. The summed E-state index contributed by atoms with van der Waals surface area (Å²) in [7, 11) is 2.06. The minimum atomic E-state index is -4.66. The quantitative estimate of drug-likeness (QED) is 0.919. The highest BCUT2D eigenvalue weighted by Gasteiger charge is 2.32. The van der Waals surface area contributed by atoms with E-state index < -0.39 is 6.36 Å². The van der Waals surface area contributed by atoms with Crippen LogP contribution in [0.2, 0.25) is 0 Å². The summed E-state index contributed by atoms with van der Waals surface area (Å²) < 4.78 is 41.0. The van der Waals surface area contributed by atoms with Crippen LogP contribution in [0.5, 0.6) is 5.75 Å². The summed E-state index contributed by atoms with van der Waals surface area (Å²) >= 11 is 0. The number of hydrogen-bond donors (Lipinski definition) is 1. The molecule has 1 aliphatic rings. The second-order valence-electron chi connectivity index (χ2n) is 5.20. The minimum Gasteiger partial charge on any atom is -0.404 e. The molecule has 1 N–H and O–H groups in total. The summed E-state index contributed by atoms with van der Waals surface area (Å²) in [6.07, 6.45) is -2.44. The van der Waals surface area contributed by atoms with Gasteiger partial charge in [-0.1, -0.05) is 12.1 Å². The van der Waals surface area contributed by atoms with Crippen LogP contribution < -0.4 is 10.1 Å². The van der Waals surface area contributed by atoms with E-state index in [-0.39, 0.29) is 5.75 Å². The first-order valence-electron chi connectivity index (χ1n) is 6.71. The average Bonchev–Trinajstić information content (AvgIpc) is 2.36. The van der Waals surface area contributed by atoms with Crippen molar-refractivity contribution in [1.82, 2.24) is 4.90 Å². The van der Waals surface area contributed by atoms with Gasteiger partial charge >= 0.3 is 6.36 Å². The average molecular weight is 288 g/mol. The molecule has 1 aromatic rings. The van der Waals surface area contributed by atoms with E-state index in [1.807, 2.05) is 0 Å². The van der Waals surface area contributed by atoms with Crippen molar-refractivity contribution in [3.63, 3.8) is 0 Å². The molecular formula is C14H19F3N2O. The number of likely N-dealkylation sites (tertiary alicyclic amines) is 1. The maximum Gasteiger partial charge on any atom is 0.573 e. The first-order valence-corrected chi connectivity index (χ1v) is 6.71. The zero-order chi connectivity index (χ0) is 14.6. The summed E-state index contributed by atoms with van der Waals surface area (Å²) in [6.45, 7) is 2.71. The normalized spacial score (nSPS) is 20.7. The largest absolute Gasteiger partial charge is 0.573 e. The van der Waals surface area contributed by atoms with Gasteiger partial charge < -0.3 is 15.0 Å². The van der Waals surface area contributed by atoms with Crippen molar-refractivity contribution in [2.45, 2.75) is 19.2 Å². The summed E-state index contributed by atoms with van der Waals surface area (Å²) in [4.78, 5) is 2.24. The van der Waals surface area contributed by atoms with Gasteiger partial charge in [-0.25, -0.2) is 0 Å². The zero-order valence-corrected chi connectivity index (χ0v) is 11.4. The number of rotatable bonds is 4. The molecule has 112 valence electrons. The third-order valence-electron chi connectivity index (χ3n) is 3.42. The van der Waals surface area contributed by atoms with Crippen molar-refractivity contribution in [2.75, 3.05) is 32.0 Å². The van der Waals surface area contributed by atoms with Crippen molar-refractivity contribution >= 4 is 5.69 Å². The number of nitrogens with one attached hydrogen (secondary N) is 1. The van der Waals surface area contributed by atoms with E-state index in [2.05, 4.69) is 22.0 Å². The fraction of sp³-hybridized carbons (Fsp3) is 0.571. The van der Waals surface area contributed by atoms with E-state index in [0.717, 1.165) is 25.9 Å². The standard InChI is InChI=1S/C14H19F3N2O/c1-19-8-4-5-11(10-19)9-18-12-6-2-3-7-13(12)20-14(15,16)17/h2-3,6-7,11,18H,4-5,8-10H2,1H3. The van der Waals surface area contributed by atoms with Crippen LogP contribution in [0.1, 0.15) is 12.8 Å². The lowest BCUT2D eigenvalue weighted by molar-refractivity contribution is -0.274. The molecule has 0 aliphatic carbocycles. The summed E-state index contributed by atoms with van der Waals surface area (Å²) in [5.41, 5.74) is 0.387. The number of halogens is 3. The molecule has 1 saturated heterocycles. The fourth-order valence-corrected chi connectivity index (χ4v) is 2.52. The van der Waals surface area contributed by atoms with Crippen molar-refractivity contribution in [3.8, 4) is 5.75 Å². The minimum absolute atomic E-state index is 0.177. The Morgan fingerprint density at radius 2 is 2.10 bits per heavy atom. The first kappa shape index (κ1) is 15.0. The molecule has 0 radical (unpaired) electrons. The van der Waals surface area contributed by atoms with Crippen molar-refractivity contribution < 1.29 is 17.9 Å². The molecule has 3 nitrogen and oxygen atoms in total. The van der Waals surface area contributed by atoms with Gasteiger partial charge in [-0.05, 0) is 44.5 Å². The molecule has 0 aromatic heterocycles. The van der Waals surface area contributed by atoms with Gasteiger partial charge in [0, 0.05) is 13.1 Å². The van der Waals surface area contributed by atoms with Gasteiger partial charge in [0.25, 0.3) is 0 Å². The molecule has 2 rings (SSSR count). The van der Waals surface area contributed by atoms with Crippen LogP contribution in [0.3, 0.4) is 0 Å². The number of anilines is 1. The predicted octanol–water partition coefficient (Wildman–Crippen LogP) is 3.34. The first-order chi connectivity index (χ1) is 9.44. The molecule has 0 amide bonds. The molecule has 0 saturated carbocycles. The molecule has 1 atom stereocenters. The third-order valence-corrected chi connectivity index (χ3v) is 3.42. The predicted molar refractivity (Wildman–Crippen MR) is 71.8 cm³/mol. The van der Waals surface area contributed by atoms with Gasteiger partial charge in [0.15, 0.2) is 5.75 Å². The number of para-hydroxylation sites is 2. The van der Waals surface area contributed by atoms with Gasteiger partial charge in [0.05, 0.1) is 5.69 Å². The van der Waals surface area contributed by atoms with Crippen molar-refractivity contribution in [2.24, 2.45) is 5.92 Å². The Kier molecular flexibility index (Phi) is 4.75. The highest BCUT2D eigenvalue weighted by Crippen LogP contribution is 2.30. The Morgan fingerprint density at radius 3 is 2.80 bits per heavy atom. The SMILES string of the molecule is CN1CCCC(CNc2ccccc2OC(F)(F)F)C1. The lowest BCUT2D eigenvalue weighted by Gasteiger charge is -2.30. The topological polar surface area (TPSA) is 24.5 Å². The van der Waals surface area contributed by atoms with E-state index in [1.54, 1.807) is 12.1 Å². The molecule has 6 heteroatoms. The van der Waals surface area contributed by atoms with E-state index in [9.17, 15) is 13.2 Å². The van der Waals surface area contributed by atoms with Crippen molar-refractivity contribution in [1.29, 1.82) is 0 Å². The number of piperidine rings is 1. The van der Waals surface area contributed by atoms with Crippen LogP contribution in [-0.4, -0.2) is 37.9 Å². The van der Waals surface area contributed by atoms with Gasteiger partial charge in [-0.3, -0.25) is 0 Å². The Hall–Kier alpha value is -1.43. The smallest absolute Gasteiger partial charge is 0.404 e. The van der Waals surface area contributed by atoms with Gasteiger partial charge in [0.1, 0.15) is 0 Å². The molecule has 0 spiro atoms. The van der Waals surface area contributed by atoms with Crippen LogP contribution in [0.15, 0.2) is 24.3 Å². The van der Waals surface area contributed by atoms with E-state index in [4.69, 9.17) is 0 Å². The molecule has 0 bridgehead atoms. The summed E-state index contributed by atoms with van der Waals surface area (Å²) in [5.74, 6) is 0.275. The fourth-order valence-electron chi connectivity index (χ4n) is 2.52. The summed E-state index contributed by atoms with van der Waals surface area (Å²) in [6, 6.07) is 6.15. The number of alkyl halides is 3. The molecule has 1 unspecified atom stereocenters. The van der Waals surface area contributed by atoms with E-state index >= 15 is 0 Å². The number of ether oxygens (including phenoxy) is 1. The molecular weight excluding hydrogens is 269 g/mol. The highest BCUT2D eigenvalue weighted by atomic mass is 19.4. The number of nitrogens with zero attached hydrogens (tertiary/aromatic N) is 1. The molecule has 1 aliphatic heterocycles. The number of hydrogen-bond acceptors (Lipinski definition) is 3. The Morgan fingerprint density at radius 1 is 1.35 bits per heavy atom. The number of benzene rings is 1. The van der Waals surface area contributed by atoms with Crippen molar-refractivity contribution in [3.05, 3.63) is 24.3 Å². The van der Waals surface area contributed by atoms with Gasteiger partial charge in [0.2, 0.25) is 0 Å². The molecule has 1 heterocycles. The monoisotopic (exact) mass is 288 g/mol. The second kappa shape index (κ2) is 6.35. The maximum atomic E-state index is 12.3. The maximum absolute atomic E-state index is 12.3. The van der Waals surface area contributed by atoms with Crippen LogP contribution >= 0.6 is 0 Å². The zero-order valence-electron chi connectivity index (χ0n) is 11.4. The molecule has 20 heavy (non-hydrogen) atoms. The highest BCUT2D eigenvalue weighted by molar-refractivity contribution is 5.56. The third kappa shape index (κ3) is 4.59. The van der Waals surface area contributed by atoms with E-state index in [0.29, 0.717) is 18.2 Å². The van der Waals surface area contributed by atoms with Crippen LogP contribution in [-0.2, 0) is 0 Å². The van der Waals surface area contributed by atoms with Gasteiger partial charge in [-0.2, -0.15) is 0 Å². The van der Waals surface area contributed by atoms with Crippen LogP contribution in [0.25, 0.3) is 0 Å². The summed E-state index contributed by atoms with van der Waals surface area (Å²) in [5, 5.41) is 3.07. The van der Waals surface area contributed by atoms with E-state index in [1.165, 1.54) is 12.1 Å². The Labute approximate surface area is 116 Å². The lowest BCUT2D eigenvalue weighted by Crippen LogP contribution is -2.35. The molecule has 1 fully saturated rings. The Balaban J connectivity index is 1.95. The van der Waals surface area contributed by atoms with Crippen LogP contribution in [0.4, 0.5) is 18.9 Å². The second-order valence-corrected chi connectivity index (χ2v) is 5.20. The molecule has 1 aromatic carbocycles. The Bertz CT molecular complexity index is 437. The van der Waals surface area contributed by atoms with Gasteiger partial charge in [-0.15, -0.1) is 13.2 Å². The van der Waals surface area contributed by atoms with Crippen LogP contribution in [0, 0.1) is 5.92 Å².